The quantitative estimate of drug-likeness (QED) is 0.219. The first-order valence-electron chi connectivity index (χ1n) is 10.4. The van der Waals surface area contributed by atoms with Crippen LogP contribution in [0.4, 0.5) is 5.69 Å². The smallest absolute Gasteiger partial charge is 0.227 e. The molecule has 2 aromatic carbocycles. The highest BCUT2D eigenvalue weighted by Crippen LogP contribution is 2.22. The lowest BCUT2D eigenvalue weighted by Gasteiger charge is -2.16. The zero-order chi connectivity index (χ0) is 21.2. The van der Waals surface area contributed by atoms with Crippen LogP contribution in [0, 0.1) is 0 Å². The van der Waals surface area contributed by atoms with Crippen LogP contribution in [-0.4, -0.2) is 31.6 Å². The fraction of sp³-hybridized carbons (Fsp3) is 0.333. The summed E-state index contributed by atoms with van der Waals surface area (Å²) in [5.41, 5.74) is 3.12. The van der Waals surface area contributed by atoms with E-state index in [2.05, 4.69) is 22.2 Å². The first-order valence-corrected chi connectivity index (χ1v) is 10.4. The first-order chi connectivity index (χ1) is 14.7. The number of hydrogen-bond acceptors (Lipinski definition) is 3. The van der Waals surface area contributed by atoms with Crippen molar-refractivity contribution in [3.8, 4) is 5.75 Å². The van der Waals surface area contributed by atoms with E-state index in [1.54, 1.807) is 6.08 Å². The normalized spacial score (nSPS) is 13.5. The standard InChI is InChI=1S/C24H30N4O2.HI/c1-3-16-30-22-9-6-5-8-20(22)18-27-24(25-4-2)26-17-19-11-13-21(14-12-19)28-15-7-10-23(28)29;/h3,5-6,8-9,11-14H,1,4,7,10,15-18H2,2H3,(H2,25,26,27);1H. The van der Waals surface area contributed by atoms with Crippen LogP contribution in [0.5, 0.6) is 5.75 Å². The Bertz CT molecular complexity index is 883. The molecule has 0 unspecified atom stereocenters. The summed E-state index contributed by atoms with van der Waals surface area (Å²) in [5.74, 6) is 1.79. The molecule has 1 heterocycles. The highest BCUT2D eigenvalue weighted by molar-refractivity contribution is 14.0. The SMILES string of the molecule is C=CCOc1ccccc1CNC(=NCc1ccc(N2CCCC2=O)cc1)NCC.I. The molecule has 1 aliphatic heterocycles. The van der Waals surface area contributed by atoms with Gasteiger partial charge in [-0.05, 0) is 37.1 Å². The van der Waals surface area contributed by atoms with Crippen molar-refractivity contribution in [2.24, 2.45) is 4.99 Å². The molecule has 1 aliphatic rings. The molecule has 0 saturated carbocycles. The lowest BCUT2D eigenvalue weighted by molar-refractivity contribution is -0.117. The molecule has 1 amide bonds. The molecule has 166 valence electrons. The third-order valence-corrected chi connectivity index (χ3v) is 4.86. The fourth-order valence-electron chi connectivity index (χ4n) is 3.33. The number of halogens is 1. The summed E-state index contributed by atoms with van der Waals surface area (Å²) >= 11 is 0. The van der Waals surface area contributed by atoms with Gasteiger partial charge < -0.3 is 20.3 Å². The Labute approximate surface area is 201 Å². The topological polar surface area (TPSA) is 66.0 Å². The third-order valence-electron chi connectivity index (χ3n) is 4.86. The van der Waals surface area contributed by atoms with E-state index in [9.17, 15) is 4.79 Å². The van der Waals surface area contributed by atoms with Gasteiger partial charge in [0.05, 0.1) is 6.54 Å². The third kappa shape index (κ3) is 7.27. The summed E-state index contributed by atoms with van der Waals surface area (Å²) in [5, 5.41) is 6.64. The number of ether oxygens (including phenoxy) is 1. The van der Waals surface area contributed by atoms with Crippen molar-refractivity contribution in [2.45, 2.75) is 32.9 Å². The summed E-state index contributed by atoms with van der Waals surface area (Å²) in [6, 6.07) is 16.0. The number of carbonyl (C=O) groups excluding carboxylic acids is 1. The van der Waals surface area contributed by atoms with E-state index in [-0.39, 0.29) is 29.9 Å². The van der Waals surface area contributed by atoms with Crippen molar-refractivity contribution >= 4 is 41.5 Å². The van der Waals surface area contributed by atoms with Gasteiger partial charge in [0.1, 0.15) is 12.4 Å². The molecule has 2 N–H and O–H groups in total. The van der Waals surface area contributed by atoms with Gasteiger partial charge in [-0.3, -0.25) is 4.79 Å². The zero-order valence-electron chi connectivity index (χ0n) is 18.0. The monoisotopic (exact) mass is 534 g/mol. The second-order valence-corrected chi connectivity index (χ2v) is 7.07. The fourth-order valence-corrected chi connectivity index (χ4v) is 3.33. The second kappa shape index (κ2) is 13.0. The van der Waals surface area contributed by atoms with E-state index in [0.717, 1.165) is 48.0 Å². The number of aliphatic imine (C=N–C) groups is 1. The minimum Gasteiger partial charge on any atom is -0.489 e. The number of rotatable bonds is 9. The van der Waals surface area contributed by atoms with Gasteiger partial charge in [-0.25, -0.2) is 4.99 Å². The Hall–Kier alpha value is -2.55. The largest absolute Gasteiger partial charge is 0.489 e. The van der Waals surface area contributed by atoms with Crippen LogP contribution in [0.1, 0.15) is 30.9 Å². The van der Waals surface area contributed by atoms with Gasteiger partial charge in [-0.2, -0.15) is 0 Å². The lowest BCUT2D eigenvalue weighted by atomic mass is 10.2. The first kappa shape index (κ1) is 24.7. The van der Waals surface area contributed by atoms with Gasteiger partial charge in [-0.1, -0.05) is 43.0 Å². The summed E-state index contributed by atoms with van der Waals surface area (Å²) in [4.78, 5) is 18.4. The number of nitrogens with one attached hydrogen (secondary N) is 2. The number of guanidine groups is 1. The van der Waals surface area contributed by atoms with E-state index in [1.807, 2.05) is 60.4 Å². The summed E-state index contributed by atoms with van der Waals surface area (Å²) < 4.78 is 5.72. The molecule has 0 aliphatic carbocycles. The summed E-state index contributed by atoms with van der Waals surface area (Å²) in [6.45, 7) is 8.96. The molecule has 7 heteroatoms. The van der Waals surface area contributed by atoms with Gasteiger partial charge >= 0.3 is 0 Å². The highest BCUT2D eigenvalue weighted by Gasteiger charge is 2.21. The van der Waals surface area contributed by atoms with Crippen LogP contribution in [0.3, 0.4) is 0 Å². The van der Waals surface area contributed by atoms with Gasteiger partial charge in [0, 0.05) is 37.3 Å². The Morgan fingerprint density at radius 2 is 1.97 bits per heavy atom. The number of hydrogen-bond donors (Lipinski definition) is 2. The Balaban J connectivity index is 0.00000341. The van der Waals surface area contributed by atoms with Crippen LogP contribution in [0.25, 0.3) is 0 Å². The van der Waals surface area contributed by atoms with Crippen LogP contribution in [-0.2, 0) is 17.9 Å². The average Bonchev–Trinajstić information content (AvgIpc) is 3.21. The zero-order valence-corrected chi connectivity index (χ0v) is 20.3. The van der Waals surface area contributed by atoms with Crippen molar-refractivity contribution in [1.82, 2.24) is 10.6 Å². The van der Waals surface area contributed by atoms with E-state index in [1.165, 1.54) is 0 Å². The van der Waals surface area contributed by atoms with E-state index in [0.29, 0.717) is 26.1 Å². The Morgan fingerprint density at radius 1 is 1.19 bits per heavy atom. The second-order valence-electron chi connectivity index (χ2n) is 7.07. The average molecular weight is 534 g/mol. The predicted molar refractivity (Wildman–Crippen MR) is 137 cm³/mol. The lowest BCUT2D eigenvalue weighted by Crippen LogP contribution is -2.36. The molecule has 3 rings (SSSR count). The van der Waals surface area contributed by atoms with Crippen molar-refractivity contribution in [3.05, 3.63) is 72.3 Å². The molecule has 0 spiro atoms. The van der Waals surface area contributed by atoms with Gasteiger partial charge in [0.25, 0.3) is 0 Å². The van der Waals surface area contributed by atoms with Crippen molar-refractivity contribution in [3.63, 3.8) is 0 Å². The molecular formula is C24H31IN4O2. The maximum atomic E-state index is 11.9. The van der Waals surface area contributed by atoms with Crippen LogP contribution < -0.4 is 20.3 Å². The van der Waals surface area contributed by atoms with E-state index >= 15 is 0 Å². The number of amides is 1. The number of benzene rings is 2. The maximum Gasteiger partial charge on any atom is 0.227 e. The molecule has 1 fully saturated rings. The van der Waals surface area contributed by atoms with E-state index < -0.39 is 0 Å². The van der Waals surface area contributed by atoms with Gasteiger partial charge in [-0.15, -0.1) is 24.0 Å². The molecule has 0 atom stereocenters. The molecule has 2 aromatic rings. The summed E-state index contributed by atoms with van der Waals surface area (Å²) in [6.07, 6.45) is 3.32. The van der Waals surface area contributed by atoms with Gasteiger partial charge in [0.2, 0.25) is 5.91 Å². The van der Waals surface area contributed by atoms with Crippen LogP contribution in [0.2, 0.25) is 0 Å². The van der Waals surface area contributed by atoms with Crippen molar-refractivity contribution in [1.29, 1.82) is 0 Å². The summed E-state index contributed by atoms with van der Waals surface area (Å²) in [7, 11) is 0. The Morgan fingerprint density at radius 3 is 2.65 bits per heavy atom. The molecule has 0 bridgehead atoms. The van der Waals surface area contributed by atoms with Crippen molar-refractivity contribution in [2.75, 3.05) is 24.6 Å². The number of para-hydroxylation sites is 1. The van der Waals surface area contributed by atoms with Crippen LogP contribution >= 0.6 is 24.0 Å². The van der Waals surface area contributed by atoms with Crippen molar-refractivity contribution < 1.29 is 9.53 Å². The molecule has 0 radical (unpaired) electrons. The number of anilines is 1. The molecule has 6 nitrogen and oxygen atoms in total. The van der Waals surface area contributed by atoms with E-state index in [4.69, 9.17) is 4.74 Å². The molecule has 31 heavy (non-hydrogen) atoms. The molecule has 1 saturated heterocycles. The molecular weight excluding hydrogens is 503 g/mol. The minimum atomic E-state index is 0. The predicted octanol–water partition coefficient (Wildman–Crippen LogP) is 4.25. The Kier molecular flexibility index (Phi) is 10.4. The van der Waals surface area contributed by atoms with Crippen LogP contribution in [0.15, 0.2) is 66.2 Å². The maximum absolute atomic E-state index is 11.9. The van der Waals surface area contributed by atoms with Gasteiger partial charge in [0.15, 0.2) is 5.96 Å². The number of nitrogens with zero attached hydrogens (tertiary/aromatic N) is 2. The number of carbonyl (C=O) groups is 1. The molecule has 0 aromatic heterocycles. The highest BCUT2D eigenvalue weighted by atomic mass is 127. The minimum absolute atomic E-state index is 0.